The highest BCUT2D eigenvalue weighted by molar-refractivity contribution is 6.12. The molecule has 0 amide bonds. The molecule has 0 N–H and O–H groups in total. The van der Waals surface area contributed by atoms with Crippen molar-refractivity contribution in [2.24, 2.45) is 0 Å². The van der Waals surface area contributed by atoms with E-state index in [9.17, 15) is 0 Å². The van der Waals surface area contributed by atoms with Crippen molar-refractivity contribution < 1.29 is 0 Å². The first-order chi connectivity index (χ1) is 20.5. The Morgan fingerprint density at radius 1 is 0.381 bits per heavy atom. The molecule has 200 valence electrons. The van der Waals surface area contributed by atoms with Crippen molar-refractivity contribution in [2.75, 3.05) is 4.90 Å². The molecule has 0 heterocycles. The van der Waals surface area contributed by atoms with Crippen LogP contribution in [-0.4, -0.2) is 0 Å². The first kappa shape index (κ1) is 24.6. The summed E-state index contributed by atoms with van der Waals surface area (Å²) in [6.45, 7) is 6.56. The van der Waals surface area contributed by atoms with Crippen LogP contribution >= 0.6 is 0 Å². The fraction of sp³-hybridized carbons (Fsp3) is 0.0732. The minimum absolute atomic E-state index is 1.18. The lowest BCUT2D eigenvalue weighted by Crippen LogP contribution is -2.12. The predicted octanol–water partition coefficient (Wildman–Crippen LogP) is 11.7. The van der Waals surface area contributed by atoms with Crippen LogP contribution in [0, 0.1) is 20.8 Å². The Labute approximate surface area is 247 Å². The number of rotatable bonds is 4. The van der Waals surface area contributed by atoms with Gasteiger partial charge in [0.2, 0.25) is 0 Å². The molecule has 0 saturated carbocycles. The maximum Gasteiger partial charge on any atom is 0.0491 e. The number of fused-ring (bicyclic) bond motifs is 6. The Kier molecular flexibility index (Phi) is 5.55. The number of aryl methyl sites for hydroxylation is 3. The average molecular weight is 538 g/mol. The Balaban J connectivity index is 1.25. The minimum atomic E-state index is 1.18. The molecule has 0 radical (unpaired) electrons. The lowest BCUT2D eigenvalue weighted by Gasteiger charge is -2.29. The molecule has 0 spiro atoms. The molecule has 1 aliphatic carbocycles. The van der Waals surface area contributed by atoms with E-state index in [-0.39, 0.29) is 0 Å². The highest BCUT2D eigenvalue weighted by Crippen LogP contribution is 2.51. The van der Waals surface area contributed by atoms with Crippen LogP contribution in [0.5, 0.6) is 0 Å². The normalized spacial score (nSPS) is 11.7. The number of benzene rings is 7. The highest BCUT2D eigenvalue weighted by Gasteiger charge is 2.24. The fourth-order valence-corrected chi connectivity index (χ4v) is 6.64. The van der Waals surface area contributed by atoms with Crippen LogP contribution in [0.4, 0.5) is 17.1 Å². The molecule has 0 aliphatic heterocycles. The van der Waals surface area contributed by atoms with Crippen molar-refractivity contribution in [1.82, 2.24) is 0 Å². The van der Waals surface area contributed by atoms with Crippen molar-refractivity contribution in [1.29, 1.82) is 0 Å². The van der Waals surface area contributed by atoms with E-state index in [1.807, 2.05) is 0 Å². The van der Waals surface area contributed by atoms with Gasteiger partial charge in [0.1, 0.15) is 0 Å². The Morgan fingerprint density at radius 3 is 1.67 bits per heavy atom. The largest absolute Gasteiger partial charge is 0.310 e. The zero-order valence-electron chi connectivity index (χ0n) is 24.1. The molecule has 7 aromatic rings. The molecule has 1 nitrogen and oxygen atoms in total. The van der Waals surface area contributed by atoms with Gasteiger partial charge in [0.25, 0.3) is 0 Å². The summed E-state index contributed by atoms with van der Waals surface area (Å²) in [5.74, 6) is 0. The van der Waals surface area contributed by atoms with Crippen LogP contribution in [0.3, 0.4) is 0 Å². The number of nitrogens with zero attached hydrogens (tertiary/aromatic N) is 1. The van der Waals surface area contributed by atoms with E-state index in [4.69, 9.17) is 0 Å². The molecule has 1 heteroatoms. The highest BCUT2D eigenvalue weighted by atomic mass is 15.1. The van der Waals surface area contributed by atoms with Crippen molar-refractivity contribution in [3.8, 4) is 33.4 Å². The van der Waals surface area contributed by atoms with Gasteiger partial charge in [0.15, 0.2) is 0 Å². The van der Waals surface area contributed by atoms with E-state index in [2.05, 4.69) is 159 Å². The fourth-order valence-electron chi connectivity index (χ4n) is 6.64. The van der Waals surface area contributed by atoms with Gasteiger partial charge in [-0.05, 0) is 141 Å². The first-order valence-electron chi connectivity index (χ1n) is 14.7. The third-order valence-corrected chi connectivity index (χ3v) is 8.83. The summed E-state index contributed by atoms with van der Waals surface area (Å²) >= 11 is 0. The molecule has 8 rings (SSSR count). The van der Waals surface area contributed by atoms with Gasteiger partial charge in [-0.25, -0.2) is 0 Å². The van der Waals surface area contributed by atoms with Crippen LogP contribution in [0.25, 0.3) is 54.9 Å². The molecule has 7 aromatic carbocycles. The summed E-state index contributed by atoms with van der Waals surface area (Å²) in [5.41, 5.74) is 15.3. The van der Waals surface area contributed by atoms with Crippen LogP contribution in [-0.2, 0) is 0 Å². The van der Waals surface area contributed by atoms with Crippen LogP contribution in [0.15, 0.2) is 133 Å². The smallest absolute Gasteiger partial charge is 0.0491 e. The number of para-hydroxylation sites is 1. The summed E-state index contributed by atoms with van der Waals surface area (Å²) in [4.78, 5) is 2.41. The quantitative estimate of drug-likeness (QED) is 0.216. The van der Waals surface area contributed by atoms with E-state index in [0.29, 0.717) is 0 Å². The lowest BCUT2D eigenvalue weighted by atomic mass is 9.77. The zero-order valence-corrected chi connectivity index (χ0v) is 24.1. The van der Waals surface area contributed by atoms with Crippen molar-refractivity contribution >= 4 is 38.6 Å². The van der Waals surface area contributed by atoms with Gasteiger partial charge in [-0.3, -0.25) is 0 Å². The van der Waals surface area contributed by atoms with Gasteiger partial charge in [-0.1, -0.05) is 84.4 Å². The molecule has 0 aromatic heterocycles. The van der Waals surface area contributed by atoms with Crippen LogP contribution < -0.4 is 4.90 Å². The molecule has 0 bridgehead atoms. The standard InChI is InChI=1S/C41H31N/c1-26-13-18-41(28(3)19-26)42(40-12-8-7-9-27(40)2)35-17-16-32-23-37-36-22-31-15-14-30(29-10-5-4-6-11-29)20-33(31)24-38(36)39(37)25-34(32)21-35/h4-25H,1-3H3. The van der Waals surface area contributed by atoms with Crippen molar-refractivity contribution in [2.45, 2.75) is 20.8 Å². The predicted molar refractivity (Wildman–Crippen MR) is 180 cm³/mol. The minimum Gasteiger partial charge on any atom is -0.310 e. The van der Waals surface area contributed by atoms with Crippen molar-refractivity contribution in [3.05, 3.63) is 150 Å². The molecule has 42 heavy (non-hydrogen) atoms. The maximum absolute atomic E-state index is 2.41. The second-order valence-electron chi connectivity index (χ2n) is 11.7. The monoisotopic (exact) mass is 537 g/mol. The van der Waals surface area contributed by atoms with Gasteiger partial charge >= 0.3 is 0 Å². The van der Waals surface area contributed by atoms with E-state index < -0.39 is 0 Å². The van der Waals surface area contributed by atoms with E-state index in [0.717, 1.165) is 0 Å². The zero-order chi connectivity index (χ0) is 28.4. The van der Waals surface area contributed by atoms with E-state index in [1.54, 1.807) is 0 Å². The topological polar surface area (TPSA) is 3.24 Å². The van der Waals surface area contributed by atoms with E-state index >= 15 is 0 Å². The third-order valence-electron chi connectivity index (χ3n) is 8.83. The third kappa shape index (κ3) is 3.93. The molecular formula is C41H31N. The number of anilines is 3. The van der Waals surface area contributed by atoms with Gasteiger partial charge in [0.05, 0.1) is 0 Å². The summed E-state index contributed by atoms with van der Waals surface area (Å²) in [5, 5.41) is 5.11. The Morgan fingerprint density at radius 2 is 0.976 bits per heavy atom. The molecule has 0 fully saturated rings. The first-order valence-corrected chi connectivity index (χ1v) is 14.7. The summed E-state index contributed by atoms with van der Waals surface area (Å²) in [6, 6.07) is 49.3. The van der Waals surface area contributed by atoms with E-state index in [1.165, 1.54) is 88.7 Å². The van der Waals surface area contributed by atoms with Crippen molar-refractivity contribution in [3.63, 3.8) is 0 Å². The number of hydrogen-bond donors (Lipinski definition) is 0. The second kappa shape index (κ2) is 9.46. The van der Waals surface area contributed by atoms with Crippen LogP contribution in [0.2, 0.25) is 0 Å². The average Bonchev–Trinajstić information content (AvgIpc) is 3.01. The molecule has 1 aliphatic rings. The Hall–Kier alpha value is -5.14. The SMILES string of the molecule is Cc1ccc(N(c2ccc3cc4c(cc3c2)-c2cc3cc(-c5ccccc5)ccc3cc2-4)c2ccccc2C)c(C)c1. The molecule has 0 saturated heterocycles. The summed E-state index contributed by atoms with van der Waals surface area (Å²) in [6.07, 6.45) is 0. The van der Waals surface area contributed by atoms with Gasteiger partial charge < -0.3 is 4.90 Å². The van der Waals surface area contributed by atoms with Gasteiger partial charge in [-0.15, -0.1) is 0 Å². The number of hydrogen-bond acceptors (Lipinski definition) is 1. The van der Waals surface area contributed by atoms with Gasteiger partial charge in [-0.2, -0.15) is 0 Å². The van der Waals surface area contributed by atoms with Gasteiger partial charge in [0, 0.05) is 17.1 Å². The summed E-state index contributed by atoms with van der Waals surface area (Å²) in [7, 11) is 0. The molecule has 0 atom stereocenters. The molecular weight excluding hydrogens is 506 g/mol. The second-order valence-corrected chi connectivity index (χ2v) is 11.7. The summed E-state index contributed by atoms with van der Waals surface area (Å²) < 4.78 is 0. The van der Waals surface area contributed by atoms with Crippen LogP contribution in [0.1, 0.15) is 16.7 Å². The Bertz CT molecular complexity index is 2170. The molecule has 0 unspecified atom stereocenters. The maximum atomic E-state index is 2.41. The lowest BCUT2D eigenvalue weighted by molar-refractivity contribution is 1.22.